The Hall–Kier alpha value is -2.30. The number of amides is 2. The number of hydrogen-bond acceptors (Lipinski definition) is 2. The van der Waals surface area contributed by atoms with E-state index in [9.17, 15) is 9.59 Å². The molecule has 1 aliphatic rings. The fourth-order valence-corrected chi connectivity index (χ4v) is 3.73. The largest absolute Gasteiger partial charge is 0.358 e. The summed E-state index contributed by atoms with van der Waals surface area (Å²) in [4.78, 5) is 32.3. The molecule has 1 fully saturated rings. The monoisotopic (exact) mass is 355 g/mol. The smallest absolute Gasteiger partial charge is 0.227 e. The second kappa shape index (κ2) is 8.39. The molecule has 0 unspecified atom stereocenters. The van der Waals surface area contributed by atoms with Crippen LogP contribution in [0.1, 0.15) is 43.9 Å². The SMILES string of the molecule is CCCCC(=O)N1CCCN(C(=O)Cc2c(C)[nH]c3ccccc23)CC1. The average molecular weight is 355 g/mol. The second-order valence-corrected chi connectivity index (χ2v) is 7.17. The summed E-state index contributed by atoms with van der Waals surface area (Å²) in [7, 11) is 0. The zero-order chi connectivity index (χ0) is 18.5. The molecule has 0 spiro atoms. The van der Waals surface area contributed by atoms with Crippen LogP contribution in [0.2, 0.25) is 0 Å². The van der Waals surface area contributed by atoms with Crippen LogP contribution in [-0.2, 0) is 16.0 Å². The van der Waals surface area contributed by atoms with Crippen molar-refractivity contribution in [3.05, 3.63) is 35.5 Å². The lowest BCUT2D eigenvalue weighted by Gasteiger charge is -2.22. The summed E-state index contributed by atoms with van der Waals surface area (Å²) < 4.78 is 0. The first-order chi connectivity index (χ1) is 12.6. The molecule has 5 nitrogen and oxygen atoms in total. The summed E-state index contributed by atoms with van der Waals surface area (Å²) in [5, 5.41) is 1.13. The summed E-state index contributed by atoms with van der Waals surface area (Å²) >= 11 is 0. The fraction of sp³-hybridized carbons (Fsp3) is 0.524. The number of carbonyl (C=O) groups is 2. The quantitative estimate of drug-likeness (QED) is 0.895. The van der Waals surface area contributed by atoms with Crippen LogP contribution in [0.15, 0.2) is 24.3 Å². The Morgan fingerprint density at radius 2 is 1.73 bits per heavy atom. The number of hydrogen-bond donors (Lipinski definition) is 1. The first-order valence-electron chi connectivity index (χ1n) is 9.72. The molecule has 1 saturated heterocycles. The van der Waals surface area contributed by atoms with Gasteiger partial charge in [0.25, 0.3) is 0 Å². The lowest BCUT2D eigenvalue weighted by molar-refractivity contribution is -0.133. The lowest BCUT2D eigenvalue weighted by Crippen LogP contribution is -2.37. The van der Waals surface area contributed by atoms with Crippen LogP contribution in [0.3, 0.4) is 0 Å². The topological polar surface area (TPSA) is 56.4 Å². The number of fused-ring (bicyclic) bond motifs is 1. The molecule has 3 rings (SSSR count). The summed E-state index contributed by atoms with van der Waals surface area (Å²) in [5.41, 5.74) is 3.23. The van der Waals surface area contributed by atoms with Crippen LogP contribution >= 0.6 is 0 Å². The summed E-state index contributed by atoms with van der Waals surface area (Å²) in [6.07, 6.45) is 3.88. The normalized spacial score (nSPS) is 15.3. The van der Waals surface area contributed by atoms with Gasteiger partial charge >= 0.3 is 0 Å². The minimum absolute atomic E-state index is 0.153. The molecule has 1 aliphatic heterocycles. The van der Waals surface area contributed by atoms with Gasteiger partial charge in [-0.3, -0.25) is 9.59 Å². The van der Waals surface area contributed by atoms with E-state index in [0.717, 1.165) is 54.5 Å². The molecule has 1 aromatic heterocycles. The first kappa shape index (κ1) is 18.5. The maximum Gasteiger partial charge on any atom is 0.227 e. The Morgan fingerprint density at radius 1 is 1.04 bits per heavy atom. The van der Waals surface area contributed by atoms with Crippen LogP contribution < -0.4 is 0 Å². The van der Waals surface area contributed by atoms with Crippen molar-refractivity contribution in [2.45, 2.75) is 46.0 Å². The van der Waals surface area contributed by atoms with Crippen molar-refractivity contribution in [1.82, 2.24) is 14.8 Å². The zero-order valence-corrected chi connectivity index (χ0v) is 15.9. The van der Waals surface area contributed by atoms with E-state index in [2.05, 4.69) is 18.0 Å². The third-order valence-electron chi connectivity index (χ3n) is 5.30. The van der Waals surface area contributed by atoms with E-state index in [0.29, 0.717) is 25.9 Å². The van der Waals surface area contributed by atoms with Crippen molar-refractivity contribution in [2.24, 2.45) is 0 Å². The molecule has 0 aliphatic carbocycles. The highest BCUT2D eigenvalue weighted by Crippen LogP contribution is 2.23. The number of aromatic nitrogens is 1. The Labute approximate surface area is 155 Å². The van der Waals surface area contributed by atoms with Gasteiger partial charge in [-0.1, -0.05) is 31.5 Å². The first-order valence-corrected chi connectivity index (χ1v) is 9.72. The van der Waals surface area contributed by atoms with E-state index >= 15 is 0 Å². The number of nitrogens with one attached hydrogen (secondary N) is 1. The van der Waals surface area contributed by atoms with Crippen LogP contribution in [0.5, 0.6) is 0 Å². The van der Waals surface area contributed by atoms with E-state index < -0.39 is 0 Å². The van der Waals surface area contributed by atoms with E-state index in [4.69, 9.17) is 0 Å². The van der Waals surface area contributed by atoms with Gasteiger partial charge in [0.15, 0.2) is 0 Å². The van der Waals surface area contributed by atoms with Crippen LogP contribution in [-0.4, -0.2) is 52.8 Å². The van der Waals surface area contributed by atoms with E-state index in [1.165, 1.54) is 0 Å². The number of aryl methyl sites for hydroxylation is 1. The number of aromatic amines is 1. The molecule has 2 aromatic rings. The molecule has 1 N–H and O–H groups in total. The number of benzene rings is 1. The van der Waals surface area contributed by atoms with Gasteiger partial charge in [0.1, 0.15) is 0 Å². The Morgan fingerprint density at radius 3 is 2.46 bits per heavy atom. The van der Waals surface area contributed by atoms with Crippen molar-refractivity contribution < 1.29 is 9.59 Å². The molecule has 26 heavy (non-hydrogen) atoms. The molecule has 0 saturated carbocycles. The standard InChI is InChI=1S/C21H29N3O2/c1-3-4-10-20(25)23-11-7-12-24(14-13-23)21(26)15-18-16(2)22-19-9-6-5-8-17(18)19/h5-6,8-9,22H,3-4,7,10-15H2,1-2H3. The molecular weight excluding hydrogens is 326 g/mol. The second-order valence-electron chi connectivity index (χ2n) is 7.17. The highest BCUT2D eigenvalue weighted by molar-refractivity contribution is 5.90. The molecule has 2 amide bonds. The Bertz CT molecular complexity index is 781. The lowest BCUT2D eigenvalue weighted by atomic mass is 10.1. The maximum atomic E-state index is 12.9. The highest BCUT2D eigenvalue weighted by Gasteiger charge is 2.23. The minimum atomic E-state index is 0.153. The summed E-state index contributed by atoms with van der Waals surface area (Å²) in [5.74, 6) is 0.384. The number of carbonyl (C=O) groups excluding carboxylic acids is 2. The van der Waals surface area contributed by atoms with Gasteiger partial charge < -0.3 is 14.8 Å². The third-order valence-corrected chi connectivity index (χ3v) is 5.30. The van der Waals surface area contributed by atoms with Crippen molar-refractivity contribution in [3.8, 4) is 0 Å². The van der Waals surface area contributed by atoms with Gasteiger partial charge in [-0.05, 0) is 31.4 Å². The molecule has 2 heterocycles. The molecule has 0 atom stereocenters. The van der Waals surface area contributed by atoms with Crippen LogP contribution in [0, 0.1) is 6.92 Å². The van der Waals surface area contributed by atoms with Crippen molar-refractivity contribution in [2.75, 3.05) is 26.2 Å². The van der Waals surface area contributed by atoms with Crippen molar-refractivity contribution in [1.29, 1.82) is 0 Å². The molecular formula is C21H29N3O2. The molecule has 5 heteroatoms. The van der Waals surface area contributed by atoms with Crippen molar-refractivity contribution in [3.63, 3.8) is 0 Å². The number of H-pyrrole nitrogens is 1. The fourth-order valence-electron chi connectivity index (χ4n) is 3.73. The van der Waals surface area contributed by atoms with E-state index in [1.807, 2.05) is 34.9 Å². The van der Waals surface area contributed by atoms with Gasteiger partial charge in [-0.2, -0.15) is 0 Å². The predicted molar refractivity (Wildman–Crippen MR) is 104 cm³/mol. The van der Waals surface area contributed by atoms with E-state index in [1.54, 1.807) is 0 Å². The average Bonchev–Trinajstić information content (AvgIpc) is 2.82. The van der Waals surface area contributed by atoms with Gasteiger partial charge in [0, 0.05) is 49.2 Å². The molecule has 0 bridgehead atoms. The third kappa shape index (κ3) is 4.09. The van der Waals surface area contributed by atoms with Crippen LogP contribution in [0.25, 0.3) is 10.9 Å². The van der Waals surface area contributed by atoms with Gasteiger partial charge in [0.2, 0.25) is 11.8 Å². The number of para-hydroxylation sites is 1. The summed E-state index contributed by atoms with van der Waals surface area (Å²) in [6.45, 7) is 6.91. The van der Waals surface area contributed by atoms with Crippen LogP contribution in [0.4, 0.5) is 0 Å². The number of unbranched alkanes of at least 4 members (excludes halogenated alkanes) is 1. The molecule has 0 radical (unpaired) electrons. The number of rotatable bonds is 5. The van der Waals surface area contributed by atoms with Gasteiger partial charge in [0.05, 0.1) is 6.42 Å². The molecule has 140 valence electrons. The Kier molecular flexibility index (Phi) is 5.96. The van der Waals surface area contributed by atoms with E-state index in [-0.39, 0.29) is 11.8 Å². The summed E-state index contributed by atoms with van der Waals surface area (Å²) in [6, 6.07) is 8.12. The van der Waals surface area contributed by atoms with Crippen molar-refractivity contribution >= 4 is 22.7 Å². The number of nitrogens with zero attached hydrogens (tertiary/aromatic N) is 2. The highest BCUT2D eigenvalue weighted by atomic mass is 16.2. The zero-order valence-electron chi connectivity index (χ0n) is 15.9. The maximum absolute atomic E-state index is 12.9. The Balaban J connectivity index is 1.63. The van der Waals surface area contributed by atoms with Gasteiger partial charge in [-0.15, -0.1) is 0 Å². The molecule has 1 aromatic carbocycles. The predicted octanol–water partition coefficient (Wildman–Crippen LogP) is 3.27. The van der Waals surface area contributed by atoms with Gasteiger partial charge in [-0.25, -0.2) is 0 Å². The minimum Gasteiger partial charge on any atom is -0.358 e.